The first-order valence-electron chi connectivity index (χ1n) is 5.55. The van der Waals surface area contributed by atoms with Crippen molar-refractivity contribution in [2.75, 3.05) is 26.3 Å². The zero-order valence-corrected chi connectivity index (χ0v) is 8.61. The van der Waals surface area contributed by atoms with Crippen LogP contribution in [0.25, 0.3) is 0 Å². The van der Waals surface area contributed by atoms with Gasteiger partial charge in [0.05, 0.1) is 18.4 Å². The Morgan fingerprint density at radius 1 is 1.13 bits per heavy atom. The van der Waals surface area contributed by atoms with E-state index in [9.17, 15) is 0 Å². The second-order valence-electron chi connectivity index (χ2n) is 4.23. The molecule has 2 aliphatic rings. The minimum absolute atomic E-state index is 0.320. The summed E-state index contributed by atoms with van der Waals surface area (Å²) < 4.78 is 11.0. The minimum atomic E-state index is 0.320. The van der Waals surface area contributed by atoms with E-state index in [1.165, 1.54) is 0 Å². The first-order chi connectivity index (χ1) is 7.43. The van der Waals surface area contributed by atoms with Crippen LogP contribution in [-0.4, -0.2) is 36.5 Å². The molecule has 0 aliphatic carbocycles. The lowest BCUT2D eigenvalue weighted by Gasteiger charge is -2.01. The highest BCUT2D eigenvalue weighted by Crippen LogP contribution is 2.27. The number of hydrogen-bond donors (Lipinski definition) is 1. The molecule has 5 nitrogen and oxygen atoms in total. The molecule has 0 bridgehead atoms. The SMILES string of the molecule is C1CC(c2nnc(C3CCOC3)o2)CN1. The van der Waals surface area contributed by atoms with Crippen LogP contribution in [0.2, 0.25) is 0 Å². The maximum absolute atomic E-state index is 5.71. The molecule has 2 atom stereocenters. The molecule has 3 heterocycles. The van der Waals surface area contributed by atoms with Crippen molar-refractivity contribution < 1.29 is 9.15 Å². The smallest absolute Gasteiger partial charge is 0.222 e. The fourth-order valence-electron chi connectivity index (χ4n) is 2.17. The zero-order chi connectivity index (χ0) is 10.1. The predicted molar refractivity (Wildman–Crippen MR) is 52.7 cm³/mol. The molecule has 0 radical (unpaired) electrons. The second-order valence-corrected chi connectivity index (χ2v) is 4.23. The Morgan fingerprint density at radius 3 is 2.67 bits per heavy atom. The number of aromatic nitrogens is 2. The van der Waals surface area contributed by atoms with Crippen LogP contribution in [-0.2, 0) is 4.74 Å². The fraction of sp³-hybridized carbons (Fsp3) is 0.800. The van der Waals surface area contributed by atoms with Crippen LogP contribution in [0.3, 0.4) is 0 Å². The summed E-state index contributed by atoms with van der Waals surface area (Å²) in [5.74, 6) is 2.28. The van der Waals surface area contributed by atoms with Crippen LogP contribution < -0.4 is 5.32 Å². The van der Waals surface area contributed by atoms with Crippen molar-refractivity contribution in [2.24, 2.45) is 0 Å². The van der Waals surface area contributed by atoms with Crippen molar-refractivity contribution in [3.8, 4) is 0 Å². The molecule has 3 rings (SSSR count). The van der Waals surface area contributed by atoms with Gasteiger partial charge in [0.1, 0.15) is 0 Å². The summed E-state index contributed by atoms with van der Waals surface area (Å²) >= 11 is 0. The Morgan fingerprint density at radius 2 is 2.00 bits per heavy atom. The van der Waals surface area contributed by atoms with Crippen LogP contribution >= 0.6 is 0 Å². The van der Waals surface area contributed by atoms with Gasteiger partial charge in [-0.15, -0.1) is 10.2 Å². The fourth-order valence-corrected chi connectivity index (χ4v) is 2.17. The van der Waals surface area contributed by atoms with E-state index in [-0.39, 0.29) is 0 Å². The Labute approximate surface area is 88.2 Å². The first-order valence-corrected chi connectivity index (χ1v) is 5.55. The highest BCUT2D eigenvalue weighted by Gasteiger charge is 2.27. The Bertz CT molecular complexity index is 297. The highest BCUT2D eigenvalue weighted by atomic mass is 16.5. The number of nitrogens with one attached hydrogen (secondary N) is 1. The van der Waals surface area contributed by atoms with Gasteiger partial charge in [-0.1, -0.05) is 0 Å². The molecule has 5 heteroatoms. The van der Waals surface area contributed by atoms with Crippen molar-refractivity contribution in [3.63, 3.8) is 0 Å². The molecule has 0 saturated carbocycles. The van der Waals surface area contributed by atoms with Crippen molar-refractivity contribution >= 4 is 0 Å². The van der Waals surface area contributed by atoms with Gasteiger partial charge in [-0.2, -0.15) is 0 Å². The second kappa shape index (κ2) is 3.90. The summed E-state index contributed by atoms with van der Waals surface area (Å²) in [4.78, 5) is 0. The topological polar surface area (TPSA) is 60.2 Å². The first kappa shape index (κ1) is 9.30. The summed E-state index contributed by atoms with van der Waals surface area (Å²) in [7, 11) is 0. The average molecular weight is 209 g/mol. The van der Waals surface area contributed by atoms with E-state index in [4.69, 9.17) is 9.15 Å². The van der Waals surface area contributed by atoms with Crippen LogP contribution in [0.4, 0.5) is 0 Å². The molecule has 82 valence electrons. The average Bonchev–Trinajstić information content (AvgIpc) is 3.02. The summed E-state index contributed by atoms with van der Waals surface area (Å²) in [6, 6.07) is 0. The van der Waals surface area contributed by atoms with Crippen LogP contribution in [0.15, 0.2) is 4.42 Å². The standard InChI is InChI=1S/C10H15N3O2/c1-3-11-5-7(1)9-12-13-10(15-9)8-2-4-14-6-8/h7-8,11H,1-6H2. The van der Waals surface area contributed by atoms with Gasteiger partial charge < -0.3 is 14.5 Å². The molecule has 1 aromatic heterocycles. The molecule has 2 unspecified atom stereocenters. The van der Waals surface area contributed by atoms with Gasteiger partial charge in [-0.25, -0.2) is 0 Å². The van der Waals surface area contributed by atoms with Gasteiger partial charge >= 0.3 is 0 Å². The van der Waals surface area contributed by atoms with Crippen LogP contribution in [0.5, 0.6) is 0 Å². The highest BCUT2D eigenvalue weighted by molar-refractivity contribution is 4.99. The molecule has 2 fully saturated rings. The van der Waals surface area contributed by atoms with Crippen molar-refractivity contribution in [3.05, 3.63) is 11.8 Å². The van der Waals surface area contributed by atoms with Crippen molar-refractivity contribution in [1.82, 2.24) is 15.5 Å². The van der Waals surface area contributed by atoms with Crippen molar-refractivity contribution in [1.29, 1.82) is 0 Å². The minimum Gasteiger partial charge on any atom is -0.425 e. The van der Waals surface area contributed by atoms with Crippen LogP contribution in [0.1, 0.15) is 36.5 Å². The maximum atomic E-state index is 5.71. The van der Waals surface area contributed by atoms with E-state index < -0.39 is 0 Å². The summed E-state index contributed by atoms with van der Waals surface area (Å²) in [5, 5.41) is 11.5. The quantitative estimate of drug-likeness (QED) is 0.775. The van der Waals surface area contributed by atoms with E-state index in [1.807, 2.05) is 0 Å². The Hall–Kier alpha value is -0.940. The summed E-state index contributed by atoms with van der Waals surface area (Å²) in [6.45, 7) is 3.55. The largest absolute Gasteiger partial charge is 0.425 e. The molecule has 0 amide bonds. The van der Waals surface area contributed by atoms with Gasteiger partial charge in [0.15, 0.2) is 0 Å². The normalized spacial score (nSPS) is 31.2. The van der Waals surface area contributed by atoms with E-state index in [1.54, 1.807) is 0 Å². The van der Waals surface area contributed by atoms with E-state index in [0.717, 1.165) is 50.9 Å². The number of rotatable bonds is 2. The summed E-state index contributed by atoms with van der Waals surface area (Å²) in [6.07, 6.45) is 2.10. The van der Waals surface area contributed by atoms with Crippen LogP contribution in [0, 0.1) is 0 Å². The zero-order valence-electron chi connectivity index (χ0n) is 8.61. The molecular formula is C10H15N3O2. The lowest BCUT2D eigenvalue weighted by molar-refractivity contribution is 0.190. The predicted octanol–water partition coefficient (Wildman–Crippen LogP) is 0.650. The van der Waals surface area contributed by atoms with Gasteiger partial charge in [0.25, 0.3) is 0 Å². The Kier molecular flexibility index (Phi) is 2.42. The van der Waals surface area contributed by atoms with E-state index in [0.29, 0.717) is 11.8 Å². The third-order valence-corrected chi connectivity index (χ3v) is 3.14. The molecule has 1 aromatic rings. The molecule has 2 saturated heterocycles. The monoisotopic (exact) mass is 209 g/mol. The molecule has 1 N–H and O–H groups in total. The lowest BCUT2D eigenvalue weighted by Crippen LogP contribution is -2.08. The number of hydrogen-bond acceptors (Lipinski definition) is 5. The lowest BCUT2D eigenvalue weighted by atomic mass is 10.1. The maximum Gasteiger partial charge on any atom is 0.222 e. The van der Waals surface area contributed by atoms with Crippen molar-refractivity contribution in [2.45, 2.75) is 24.7 Å². The van der Waals surface area contributed by atoms with E-state index >= 15 is 0 Å². The summed E-state index contributed by atoms with van der Waals surface area (Å²) in [5.41, 5.74) is 0. The number of ether oxygens (including phenoxy) is 1. The van der Waals surface area contributed by atoms with Gasteiger partial charge in [0.2, 0.25) is 11.8 Å². The molecule has 15 heavy (non-hydrogen) atoms. The molecule has 0 aromatic carbocycles. The van der Waals surface area contributed by atoms with Gasteiger partial charge in [0, 0.05) is 13.2 Å². The third kappa shape index (κ3) is 1.77. The third-order valence-electron chi connectivity index (χ3n) is 3.14. The number of nitrogens with zero attached hydrogens (tertiary/aromatic N) is 2. The molecular weight excluding hydrogens is 194 g/mol. The van der Waals surface area contributed by atoms with Gasteiger partial charge in [-0.3, -0.25) is 0 Å². The molecule has 0 spiro atoms. The van der Waals surface area contributed by atoms with Gasteiger partial charge in [-0.05, 0) is 19.4 Å². The van der Waals surface area contributed by atoms with E-state index in [2.05, 4.69) is 15.5 Å². The molecule has 2 aliphatic heterocycles. The Balaban J connectivity index is 1.74.